The van der Waals surface area contributed by atoms with Gasteiger partial charge in [-0.25, -0.2) is 0 Å². The maximum Gasteiger partial charge on any atom is 0.0419 e. The smallest absolute Gasteiger partial charge is 0.0419 e. The predicted octanol–water partition coefficient (Wildman–Crippen LogP) is 2.10. The molecule has 2 heterocycles. The molecule has 1 fully saturated rings. The van der Waals surface area contributed by atoms with Crippen molar-refractivity contribution in [2.45, 2.75) is 19.0 Å². The first-order valence-electron chi connectivity index (χ1n) is 7.30. The van der Waals surface area contributed by atoms with Crippen LogP contribution in [-0.2, 0) is 13.0 Å². The topological polar surface area (TPSA) is 28.2 Å². The van der Waals surface area contributed by atoms with Crippen molar-refractivity contribution < 1.29 is 0 Å². The van der Waals surface area contributed by atoms with E-state index in [2.05, 4.69) is 57.7 Å². The van der Waals surface area contributed by atoms with Crippen molar-refractivity contribution in [1.82, 2.24) is 15.2 Å². The highest BCUT2D eigenvalue weighted by Gasteiger charge is 2.19. The van der Waals surface area contributed by atoms with Gasteiger partial charge in [-0.2, -0.15) is 0 Å². The number of piperazine rings is 1. The summed E-state index contributed by atoms with van der Waals surface area (Å²) in [6.07, 6.45) is 2.88. The van der Waals surface area contributed by atoms with Crippen LogP contribution < -0.4 is 5.32 Å². The van der Waals surface area contributed by atoms with Crippen LogP contribution in [0.5, 0.6) is 0 Å². The number of benzene rings is 1. The van der Waals surface area contributed by atoms with E-state index in [4.69, 9.17) is 0 Å². The zero-order chi connectivity index (χ0) is 13.6. The number of nitrogens with one attached hydrogen (secondary N) is 1. The van der Waals surface area contributed by atoms with Gasteiger partial charge < -0.3 is 5.32 Å². The fourth-order valence-corrected chi connectivity index (χ4v) is 2.79. The molecule has 1 aromatic heterocycles. The lowest BCUT2D eigenvalue weighted by Gasteiger charge is -2.33. The molecule has 0 aliphatic carbocycles. The molecule has 2 aromatic rings. The maximum absolute atomic E-state index is 4.42. The van der Waals surface area contributed by atoms with E-state index in [1.807, 2.05) is 12.3 Å². The monoisotopic (exact) mass is 267 g/mol. The third kappa shape index (κ3) is 3.65. The Morgan fingerprint density at radius 2 is 1.95 bits per heavy atom. The van der Waals surface area contributed by atoms with Gasteiger partial charge in [0.2, 0.25) is 0 Å². The maximum atomic E-state index is 4.42. The number of hydrogen-bond donors (Lipinski definition) is 1. The first kappa shape index (κ1) is 13.3. The summed E-state index contributed by atoms with van der Waals surface area (Å²) in [6.45, 7) is 4.31. The van der Waals surface area contributed by atoms with Crippen molar-refractivity contribution in [2.24, 2.45) is 0 Å². The second-order valence-electron chi connectivity index (χ2n) is 5.40. The zero-order valence-electron chi connectivity index (χ0n) is 11.7. The van der Waals surface area contributed by atoms with E-state index in [0.717, 1.165) is 32.6 Å². The van der Waals surface area contributed by atoms with E-state index in [1.165, 1.54) is 11.3 Å². The molecule has 1 saturated heterocycles. The minimum absolute atomic E-state index is 0.502. The first-order chi connectivity index (χ1) is 9.90. The van der Waals surface area contributed by atoms with Gasteiger partial charge in [-0.05, 0) is 17.7 Å². The highest BCUT2D eigenvalue weighted by molar-refractivity contribution is 5.14. The summed E-state index contributed by atoms with van der Waals surface area (Å²) in [5, 5.41) is 3.60. The second-order valence-corrected chi connectivity index (χ2v) is 5.40. The van der Waals surface area contributed by atoms with Crippen molar-refractivity contribution in [3.05, 3.63) is 66.0 Å². The van der Waals surface area contributed by atoms with Crippen LogP contribution >= 0.6 is 0 Å². The summed E-state index contributed by atoms with van der Waals surface area (Å²) >= 11 is 0. The van der Waals surface area contributed by atoms with Gasteiger partial charge in [0.15, 0.2) is 0 Å². The Hall–Kier alpha value is -1.71. The van der Waals surface area contributed by atoms with Gasteiger partial charge in [0.05, 0.1) is 0 Å². The Balaban J connectivity index is 1.57. The zero-order valence-corrected chi connectivity index (χ0v) is 11.7. The molecule has 0 radical (unpaired) electrons. The molecule has 1 aromatic carbocycles. The van der Waals surface area contributed by atoms with E-state index in [-0.39, 0.29) is 0 Å². The molecule has 1 atom stereocenters. The minimum Gasteiger partial charge on any atom is -0.311 e. The first-order valence-corrected chi connectivity index (χ1v) is 7.30. The van der Waals surface area contributed by atoms with Crippen LogP contribution in [0, 0.1) is 0 Å². The third-order valence-corrected chi connectivity index (χ3v) is 3.77. The molecule has 0 spiro atoms. The van der Waals surface area contributed by atoms with Gasteiger partial charge in [0, 0.05) is 50.5 Å². The van der Waals surface area contributed by atoms with E-state index in [0.29, 0.717) is 6.04 Å². The molecule has 1 aliphatic rings. The number of pyridine rings is 1. The van der Waals surface area contributed by atoms with E-state index in [1.54, 1.807) is 0 Å². The van der Waals surface area contributed by atoms with Gasteiger partial charge in [-0.1, -0.05) is 36.4 Å². The standard InChI is InChI=1S/C17H21N3/c1-2-6-15(7-3-1)13-20-11-10-19-17(14-20)12-16-8-4-5-9-18-16/h1-9,17,19H,10-14H2/t17-/m1/s1. The number of nitrogens with zero attached hydrogens (tertiary/aromatic N) is 2. The van der Waals surface area contributed by atoms with Crippen LogP contribution in [0.25, 0.3) is 0 Å². The van der Waals surface area contributed by atoms with Crippen LogP contribution in [0.3, 0.4) is 0 Å². The molecule has 0 unspecified atom stereocenters. The Bertz CT molecular complexity index is 465. The Kier molecular flexibility index (Phi) is 4.41. The summed E-state index contributed by atoms with van der Waals surface area (Å²) in [7, 11) is 0. The Morgan fingerprint density at radius 3 is 2.75 bits per heavy atom. The second kappa shape index (κ2) is 6.64. The van der Waals surface area contributed by atoms with Crippen LogP contribution in [0.2, 0.25) is 0 Å². The van der Waals surface area contributed by atoms with Crippen molar-refractivity contribution >= 4 is 0 Å². The predicted molar refractivity (Wildman–Crippen MR) is 81.5 cm³/mol. The minimum atomic E-state index is 0.502. The van der Waals surface area contributed by atoms with Gasteiger partial charge in [-0.3, -0.25) is 9.88 Å². The molecule has 3 nitrogen and oxygen atoms in total. The molecular weight excluding hydrogens is 246 g/mol. The highest BCUT2D eigenvalue weighted by Crippen LogP contribution is 2.09. The largest absolute Gasteiger partial charge is 0.311 e. The van der Waals surface area contributed by atoms with Crippen molar-refractivity contribution in [2.75, 3.05) is 19.6 Å². The van der Waals surface area contributed by atoms with Crippen LogP contribution in [0.4, 0.5) is 0 Å². The molecule has 104 valence electrons. The van der Waals surface area contributed by atoms with Crippen molar-refractivity contribution in [3.63, 3.8) is 0 Å². The number of rotatable bonds is 4. The van der Waals surface area contributed by atoms with Crippen LogP contribution in [0.15, 0.2) is 54.7 Å². The van der Waals surface area contributed by atoms with Gasteiger partial charge in [0.25, 0.3) is 0 Å². The van der Waals surface area contributed by atoms with Crippen LogP contribution in [-0.4, -0.2) is 35.6 Å². The number of hydrogen-bond acceptors (Lipinski definition) is 3. The van der Waals surface area contributed by atoms with Gasteiger partial charge in [0.1, 0.15) is 0 Å². The van der Waals surface area contributed by atoms with Gasteiger partial charge in [-0.15, -0.1) is 0 Å². The summed E-state index contributed by atoms with van der Waals surface area (Å²) < 4.78 is 0. The van der Waals surface area contributed by atoms with Gasteiger partial charge >= 0.3 is 0 Å². The lowest BCUT2D eigenvalue weighted by molar-refractivity contribution is 0.191. The fourth-order valence-electron chi connectivity index (χ4n) is 2.79. The van der Waals surface area contributed by atoms with E-state index >= 15 is 0 Å². The summed E-state index contributed by atoms with van der Waals surface area (Å²) in [5.74, 6) is 0. The molecule has 0 amide bonds. The Morgan fingerprint density at radius 1 is 1.10 bits per heavy atom. The summed E-state index contributed by atoms with van der Waals surface area (Å²) in [6, 6.07) is 17.4. The molecule has 0 saturated carbocycles. The highest BCUT2D eigenvalue weighted by atomic mass is 15.2. The lowest BCUT2D eigenvalue weighted by atomic mass is 10.1. The molecule has 0 bridgehead atoms. The van der Waals surface area contributed by atoms with E-state index < -0.39 is 0 Å². The van der Waals surface area contributed by atoms with E-state index in [9.17, 15) is 0 Å². The Labute approximate surface area is 120 Å². The summed E-state index contributed by atoms with van der Waals surface area (Å²) in [5.41, 5.74) is 2.57. The molecular formula is C17H21N3. The SMILES string of the molecule is c1ccc(CN2CCN[C@H](Cc3ccccn3)C2)cc1. The molecule has 3 rings (SSSR count). The quantitative estimate of drug-likeness (QED) is 0.919. The number of aromatic nitrogens is 1. The normalized spacial score (nSPS) is 19.9. The average molecular weight is 267 g/mol. The van der Waals surface area contributed by atoms with Crippen molar-refractivity contribution in [3.8, 4) is 0 Å². The lowest BCUT2D eigenvalue weighted by Crippen LogP contribution is -2.51. The average Bonchev–Trinajstić information content (AvgIpc) is 2.50. The molecule has 1 N–H and O–H groups in total. The molecule has 1 aliphatic heterocycles. The molecule has 3 heteroatoms. The van der Waals surface area contributed by atoms with Crippen molar-refractivity contribution in [1.29, 1.82) is 0 Å². The fraction of sp³-hybridized carbons (Fsp3) is 0.353. The molecule has 20 heavy (non-hydrogen) atoms. The summed E-state index contributed by atoms with van der Waals surface area (Å²) in [4.78, 5) is 6.95. The third-order valence-electron chi connectivity index (χ3n) is 3.77. The van der Waals surface area contributed by atoms with Crippen LogP contribution in [0.1, 0.15) is 11.3 Å².